The lowest BCUT2D eigenvalue weighted by atomic mass is 9.98. The highest BCUT2D eigenvalue weighted by atomic mass is 16.5. The summed E-state index contributed by atoms with van der Waals surface area (Å²) >= 11 is 0. The third-order valence-corrected chi connectivity index (χ3v) is 3.62. The molecule has 2 rings (SSSR count). The minimum absolute atomic E-state index is 0.224. The van der Waals surface area contributed by atoms with Crippen LogP contribution in [-0.4, -0.2) is 37.8 Å². The Bertz CT molecular complexity index is 425. The van der Waals surface area contributed by atoms with Crippen LogP contribution in [0.4, 0.5) is 4.79 Å². The number of hydrogen-bond acceptors (Lipinski definition) is 3. The largest absolute Gasteiger partial charge is 0.493 e. The van der Waals surface area contributed by atoms with E-state index < -0.39 is 0 Å². The Kier molecular flexibility index (Phi) is 4.66. The molecule has 1 aromatic rings. The third-order valence-electron chi connectivity index (χ3n) is 3.62. The van der Waals surface area contributed by atoms with Crippen molar-refractivity contribution in [3.63, 3.8) is 0 Å². The maximum atomic E-state index is 11.4. The quantitative estimate of drug-likeness (QED) is 0.841. The molecule has 0 spiro atoms. The van der Waals surface area contributed by atoms with Crippen molar-refractivity contribution in [3.05, 3.63) is 29.8 Å². The zero-order valence-electron chi connectivity index (χ0n) is 11.6. The fraction of sp³-hybridized carbons (Fsp3) is 0.533. The van der Waals surface area contributed by atoms with Crippen LogP contribution < -0.4 is 4.74 Å². The molecule has 1 amide bonds. The number of piperidine rings is 1. The number of amides is 1. The Morgan fingerprint density at radius 2 is 2.00 bits per heavy atom. The molecule has 1 saturated heterocycles. The molecule has 0 bridgehead atoms. The molecule has 104 valence electrons. The van der Waals surface area contributed by atoms with Gasteiger partial charge in [0.15, 0.2) is 0 Å². The molecular formula is C15H21NO3. The molecule has 0 unspecified atom stereocenters. The number of ether oxygens (including phenoxy) is 2. The fourth-order valence-electron chi connectivity index (χ4n) is 2.34. The van der Waals surface area contributed by atoms with Gasteiger partial charge in [-0.1, -0.05) is 18.2 Å². The average Bonchev–Trinajstić information content (AvgIpc) is 2.46. The first-order chi connectivity index (χ1) is 9.20. The second-order valence-electron chi connectivity index (χ2n) is 4.98. The number of nitrogens with zero attached hydrogens (tertiary/aromatic N) is 1. The highest BCUT2D eigenvalue weighted by Gasteiger charge is 2.23. The molecule has 0 N–H and O–H groups in total. The number of carbonyl (C=O) groups excluding carboxylic acids is 1. The fourth-order valence-corrected chi connectivity index (χ4v) is 2.34. The summed E-state index contributed by atoms with van der Waals surface area (Å²) in [5.41, 5.74) is 1.16. The van der Waals surface area contributed by atoms with E-state index in [1.165, 1.54) is 7.11 Å². The van der Waals surface area contributed by atoms with Crippen molar-refractivity contribution in [2.75, 3.05) is 26.8 Å². The molecular weight excluding hydrogens is 242 g/mol. The van der Waals surface area contributed by atoms with Gasteiger partial charge in [-0.25, -0.2) is 4.79 Å². The van der Waals surface area contributed by atoms with Gasteiger partial charge in [0.25, 0.3) is 0 Å². The van der Waals surface area contributed by atoms with E-state index in [4.69, 9.17) is 9.47 Å². The lowest BCUT2D eigenvalue weighted by Gasteiger charge is -2.30. The number of carbonyl (C=O) groups is 1. The molecule has 1 fully saturated rings. The zero-order chi connectivity index (χ0) is 13.7. The third kappa shape index (κ3) is 3.63. The molecule has 4 heteroatoms. The summed E-state index contributed by atoms with van der Waals surface area (Å²) < 4.78 is 10.6. The molecule has 0 aliphatic carbocycles. The van der Waals surface area contributed by atoms with E-state index in [9.17, 15) is 4.79 Å². The predicted octanol–water partition coefficient (Wildman–Crippen LogP) is 2.85. The van der Waals surface area contributed by atoms with Gasteiger partial charge in [0.2, 0.25) is 0 Å². The van der Waals surface area contributed by atoms with Crippen LogP contribution in [0.25, 0.3) is 0 Å². The van der Waals surface area contributed by atoms with E-state index in [1.807, 2.05) is 18.2 Å². The SMILES string of the molecule is COC(=O)N1CCC(COc2ccccc2C)CC1. The van der Waals surface area contributed by atoms with Crippen LogP contribution in [0.15, 0.2) is 24.3 Å². The van der Waals surface area contributed by atoms with Crippen LogP contribution in [0.1, 0.15) is 18.4 Å². The van der Waals surface area contributed by atoms with E-state index in [0.717, 1.165) is 43.9 Å². The van der Waals surface area contributed by atoms with Gasteiger partial charge < -0.3 is 14.4 Å². The maximum absolute atomic E-state index is 11.4. The minimum Gasteiger partial charge on any atom is -0.493 e. The number of rotatable bonds is 3. The number of methoxy groups -OCH3 is 1. The van der Waals surface area contributed by atoms with E-state index in [-0.39, 0.29) is 6.09 Å². The first kappa shape index (κ1) is 13.7. The first-order valence-corrected chi connectivity index (χ1v) is 6.72. The summed E-state index contributed by atoms with van der Waals surface area (Å²) in [6.45, 7) is 4.29. The average molecular weight is 263 g/mol. The molecule has 0 atom stereocenters. The van der Waals surface area contributed by atoms with Crippen molar-refractivity contribution in [1.29, 1.82) is 0 Å². The molecule has 1 heterocycles. The van der Waals surface area contributed by atoms with E-state index >= 15 is 0 Å². The van der Waals surface area contributed by atoms with Gasteiger partial charge in [-0.3, -0.25) is 0 Å². The monoisotopic (exact) mass is 263 g/mol. The second-order valence-corrected chi connectivity index (χ2v) is 4.98. The summed E-state index contributed by atoms with van der Waals surface area (Å²) in [6, 6.07) is 8.05. The minimum atomic E-state index is -0.224. The van der Waals surface area contributed by atoms with Gasteiger partial charge in [0.1, 0.15) is 5.75 Å². The molecule has 0 saturated carbocycles. The van der Waals surface area contributed by atoms with Crippen molar-refractivity contribution >= 4 is 6.09 Å². The van der Waals surface area contributed by atoms with Crippen molar-refractivity contribution < 1.29 is 14.3 Å². The molecule has 1 aliphatic heterocycles. The van der Waals surface area contributed by atoms with Gasteiger partial charge in [-0.15, -0.1) is 0 Å². The summed E-state index contributed by atoms with van der Waals surface area (Å²) in [7, 11) is 1.43. The number of hydrogen-bond donors (Lipinski definition) is 0. The van der Waals surface area contributed by atoms with Gasteiger partial charge in [0.05, 0.1) is 13.7 Å². The van der Waals surface area contributed by atoms with E-state index in [0.29, 0.717) is 5.92 Å². The summed E-state index contributed by atoms with van der Waals surface area (Å²) in [5, 5.41) is 0. The van der Waals surface area contributed by atoms with Crippen LogP contribution in [0.3, 0.4) is 0 Å². The van der Waals surface area contributed by atoms with Crippen molar-refractivity contribution in [3.8, 4) is 5.75 Å². The van der Waals surface area contributed by atoms with Gasteiger partial charge in [-0.2, -0.15) is 0 Å². The Balaban J connectivity index is 1.77. The number of likely N-dealkylation sites (tertiary alicyclic amines) is 1. The van der Waals surface area contributed by atoms with Crippen LogP contribution in [0.5, 0.6) is 5.75 Å². The summed E-state index contributed by atoms with van der Waals surface area (Å²) in [5.74, 6) is 1.47. The number of para-hydroxylation sites is 1. The van der Waals surface area contributed by atoms with Crippen LogP contribution in [0.2, 0.25) is 0 Å². The smallest absolute Gasteiger partial charge is 0.409 e. The van der Waals surface area contributed by atoms with Crippen LogP contribution in [-0.2, 0) is 4.74 Å². The topological polar surface area (TPSA) is 38.8 Å². The second kappa shape index (κ2) is 6.45. The van der Waals surface area contributed by atoms with Crippen molar-refractivity contribution in [2.45, 2.75) is 19.8 Å². The zero-order valence-corrected chi connectivity index (χ0v) is 11.6. The maximum Gasteiger partial charge on any atom is 0.409 e. The molecule has 19 heavy (non-hydrogen) atoms. The molecule has 0 aromatic heterocycles. The van der Waals surface area contributed by atoms with E-state index in [2.05, 4.69) is 13.0 Å². The molecule has 4 nitrogen and oxygen atoms in total. The van der Waals surface area contributed by atoms with Crippen molar-refractivity contribution in [1.82, 2.24) is 4.90 Å². The molecule has 0 radical (unpaired) electrons. The number of aryl methyl sites for hydroxylation is 1. The van der Waals surface area contributed by atoms with Gasteiger partial charge in [0, 0.05) is 13.1 Å². The first-order valence-electron chi connectivity index (χ1n) is 6.72. The van der Waals surface area contributed by atoms with Crippen LogP contribution >= 0.6 is 0 Å². The Labute approximate surface area is 114 Å². The predicted molar refractivity (Wildman–Crippen MR) is 73.4 cm³/mol. The summed E-state index contributed by atoms with van der Waals surface area (Å²) in [4.78, 5) is 13.1. The van der Waals surface area contributed by atoms with Gasteiger partial charge >= 0.3 is 6.09 Å². The van der Waals surface area contributed by atoms with Crippen LogP contribution in [0, 0.1) is 12.8 Å². The van der Waals surface area contributed by atoms with E-state index in [1.54, 1.807) is 4.90 Å². The Hall–Kier alpha value is -1.71. The van der Waals surface area contributed by atoms with Gasteiger partial charge in [-0.05, 0) is 37.3 Å². The highest BCUT2D eigenvalue weighted by molar-refractivity contribution is 5.67. The highest BCUT2D eigenvalue weighted by Crippen LogP contribution is 2.21. The Morgan fingerprint density at radius 3 is 2.63 bits per heavy atom. The normalized spacial score (nSPS) is 16.2. The number of benzene rings is 1. The molecule has 1 aliphatic rings. The lowest BCUT2D eigenvalue weighted by Crippen LogP contribution is -2.39. The standard InChI is InChI=1S/C15H21NO3/c1-12-5-3-4-6-14(12)19-11-13-7-9-16(10-8-13)15(17)18-2/h3-6,13H,7-11H2,1-2H3. The lowest BCUT2D eigenvalue weighted by molar-refractivity contribution is 0.0964. The van der Waals surface area contributed by atoms with Crippen molar-refractivity contribution in [2.24, 2.45) is 5.92 Å². The Morgan fingerprint density at radius 1 is 1.32 bits per heavy atom. The summed E-state index contributed by atoms with van der Waals surface area (Å²) in [6.07, 6.45) is 1.72. The molecule has 1 aromatic carbocycles.